The van der Waals surface area contributed by atoms with Gasteiger partial charge in [0.2, 0.25) is 11.8 Å². The number of benzene rings is 2. The van der Waals surface area contributed by atoms with Gasteiger partial charge in [-0.15, -0.1) is 0 Å². The van der Waals surface area contributed by atoms with Crippen molar-refractivity contribution in [3.05, 3.63) is 47.5 Å². The summed E-state index contributed by atoms with van der Waals surface area (Å²) in [6.07, 6.45) is 3.01. The minimum atomic E-state index is -0.200. The Balaban J connectivity index is 0.00000420. The zero-order chi connectivity index (χ0) is 20.5. The minimum Gasteiger partial charge on any atom is -0.507 e. The van der Waals surface area contributed by atoms with Gasteiger partial charge in [-0.1, -0.05) is 0 Å². The van der Waals surface area contributed by atoms with Crippen molar-refractivity contribution < 1.29 is 36.6 Å². The summed E-state index contributed by atoms with van der Waals surface area (Å²) in [5.41, 5.74) is 2.10. The van der Waals surface area contributed by atoms with Crippen molar-refractivity contribution in [2.24, 2.45) is 9.98 Å². The summed E-state index contributed by atoms with van der Waals surface area (Å²) >= 11 is 0. The summed E-state index contributed by atoms with van der Waals surface area (Å²) in [7, 11) is 0. The molecule has 0 fully saturated rings. The first-order valence-electron chi connectivity index (χ1n) is 8.56. The van der Waals surface area contributed by atoms with E-state index in [2.05, 4.69) is 20.6 Å². The third-order valence-electron chi connectivity index (χ3n) is 3.51. The molecule has 2 rings (SSSR count). The maximum atomic E-state index is 11.1. The molecule has 4 N–H and O–H groups in total. The van der Waals surface area contributed by atoms with E-state index in [1.165, 1.54) is 38.4 Å². The van der Waals surface area contributed by atoms with E-state index < -0.39 is 0 Å². The van der Waals surface area contributed by atoms with E-state index in [4.69, 9.17) is 0 Å². The van der Waals surface area contributed by atoms with Crippen molar-refractivity contribution in [2.45, 2.75) is 13.8 Å². The molecule has 0 aliphatic carbocycles. The number of nitrogens with one attached hydrogen (secondary N) is 2. The summed E-state index contributed by atoms with van der Waals surface area (Å²) in [6.45, 7) is 3.55. The Morgan fingerprint density at radius 1 is 0.828 bits per heavy atom. The Morgan fingerprint density at radius 3 is 1.55 bits per heavy atom. The van der Waals surface area contributed by atoms with E-state index in [1.807, 2.05) is 0 Å². The first-order valence-corrected chi connectivity index (χ1v) is 8.56. The number of aliphatic imine (C=N–C) groups is 2. The number of phenols is 2. The van der Waals surface area contributed by atoms with Crippen LogP contribution < -0.4 is 10.6 Å². The SMILES string of the molecule is CC(=O)Nc1ccc(O)c(C=NCCN=Cc2cc(NC(C)=O)ccc2O)c1.[Co]. The predicted octanol–water partition coefficient (Wildman–Crippen LogP) is 2.55. The van der Waals surface area contributed by atoms with Crippen LogP contribution in [0.25, 0.3) is 0 Å². The molecular weight excluding hydrogens is 419 g/mol. The topological polar surface area (TPSA) is 123 Å². The van der Waals surface area contributed by atoms with Crippen molar-refractivity contribution in [1.82, 2.24) is 0 Å². The van der Waals surface area contributed by atoms with Crippen molar-refractivity contribution in [3.63, 3.8) is 0 Å². The van der Waals surface area contributed by atoms with Crippen LogP contribution in [0.4, 0.5) is 11.4 Å². The number of aromatic hydroxyl groups is 2. The summed E-state index contributed by atoms with van der Waals surface area (Å²) in [4.78, 5) is 30.6. The Labute approximate surface area is 179 Å². The fraction of sp³-hybridized carbons (Fsp3) is 0.200. The number of carbonyl (C=O) groups excluding carboxylic acids is 2. The largest absolute Gasteiger partial charge is 0.507 e. The van der Waals surface area contributed by atoms with Gasteiger partial charge >= 0.3 is 0 Å². The summed E-state index contributed by atoms with van der Waals surface area (Å²) < 4.78 is 0. The molecule has 0 aliphatic rings. The molecule has 0 unspecified atom stereocenters. The van der Waals surface area contributed by atoms with Gasteiger partial charge in [0.1, 0.15) is 11.5 Å². The van der Waals surface area contributed by atoms with E-state index in [0.717, 1.165) is 0 Å². The molecule has 2 aromatic carbocycles. The number of rotatable bonds is 7. The van der Waals surface area contributed by atoms with Crippen LogP contribution in [0, 0.1) is 0 Å². The molecule has 0 saturated heterocycles. The fourth-order valence-electron chi connectivity index (χ4n) is 2.32. The van der Waals surface area contributed by atoms with Crippen LogP contribution in [0.1, 0.15) is 25.0 Å². The average Bonchev–Trinajstić information content (AvgIpc) is 2.62. The monoisotopic (exact) mass is 441 g/mol. The Morgan fingerprint density at radius 2 is 1.21 bits per heavy atom. The zero-order valence-electron chi connectivity index (χ0n) is 16.0. The number of phenolic OH excluding ortho intramolecular Hbond substituents is 2. The molecule has 8 nitrogen and oxygen atoms in total. The van der Waals surface area contributed by atoms with Crippen molar-refractivity contribution in [1.29, 1.82) is 0 Å². The molecule has 0 aromatic heterocycles. The van der Waals surface area contributed by atoms with Gasteiger partial charge in [0, 0.05) is 65.6 Å². The Bertz CT molecular complexity index is 853. The molecule has 0 heterocycles. The second kappa shape index (κ2) is 11.6. The van der Waals surface area contributed by atoms with E-state index >= 15 is 0 Å². The van der Waals surface area contributed by atoms with E-state index in [1.54, 1.807) is 24.3 Å². The van der Waals surface area contributed by atoms with Gasteiger partial charge in [0.15, 0.2) is 0 Å². The molecular formula is C20H22CoN4O4. The Hall–Kier alpha value is -3.17. The third kappa shape index (κ3) is 8.16. The van der Waals surface area contributed by atoms with Crippen LogP contribution in [-0.4, -0.2) is 47.5 Å². The summed E-state index contributed by atoms with van der Waals surface area (Å²) in [6, 6.07) is 9.40. The van der Waals surface area contributed by atoms with Gasteiger partial charge in [0.25, 0.3) is 0 Å². The summed E-state index contributed by atoms with van der Waals surface area (Å²) in [5.74, 6) is -0.287. The van der Waals surface area contributed by atoms with E-state index in [0.29, 0.717) is 35.6 Å². The van der Waals surface area contributed by atoms with Gasteiger partial charge < -0.3 is 20.8 Å². The summed E-state index contributed by atoms with van der Waals surface area (Å²) in [5, 5.41) is 25.0. The molecule has 0 saturated carbocycles. The number of anilines is 2. The minimum absolute atomic E-state index is 0. The maximum absolute atomic E-state index is 11.1. The molecule has 29 heavy (non-hydrogen) atoms. The molecule has 0 spiro atoms. The van der Waals surface area contributed by atoms with Crippen LogP contribution in [0.3, 0.4) is 0 Å². The smallest absolute Gasteiger partial charge is 0.221 e. The van der Waals surface area contributed by atoms with Gasteiger partial charge in [0.05, 0.1) is 13.1 Å². The van der Waals surface area contributed by atoms with Gasteiger partial charge in [-0.25, -0.2) is 0 Å². The zero-order valence-corrected chi connectivity index (χ0v) is 17.0. The second-order valence-corrected chi connectivity index (χ2v) is 5.98. The van der Waals surface area contributed by atoms with Crippen LogP contribution >= 0.6 is 0 Å². The van der Waals surface area contributed by atoms with Gasteiger partial charge in [-0.05, 0) is 36.4 Å². The first-order chi connectivity index (χ1) is 13.3. The average molecular weight is 441 g/mol. The molecule has 0 bridgehead atoms. The van der Waals surface area contributed by atoms with Crippen LogP contribution in [-0.2, 0) is 26.4 Å². The van der Waals surface area contributed by atoms with Gasteiger partial charge in [-0.3, -0.25) is 19.6 Å². The standard InChI is InChI=1S/C20H22N4O4.Co/c1-13(25)23-17-3-5-19(27)15(9-17)11-21-7-8-22-12-16-10-18(24-14(2)26)4-6-20(16)28;/h3-6,9-12,27-28H,7-8H2,1-2H3,(H,23,25)(H,24,26);. The van der Waals surface area contributed by atoms with Crippen molar-refractivity contribution >= 4 is 35.6 Å². The first kappa shape index (κ1) is 23.9. The fourth-order valence-corrected chi connectivity index (χ4v) is 2.32. The number of amides is 2. The predicted molar refractivity (Wildman–Crippen MR) is 110 cm³/mol. The van der Waals surface area contributed by atoms with Crippen LogP contribution in [0.5, 0.6) is 11.5 Å². The molecule has 0 aliphatic heterocycles. The van der Waals surface area contributed by atoms with Gasteiger partial charge in [-0.2, -0.15) is 0 Å². The van der Waals surface area contributed by atoms with E-state index in [9.17, 15) is 19.8 Å². The van der Waals surface area contributed by atoms with Crippen LogP contribution in [0.15, 0.2) is 46.4 Å². The second-order valence-electron chi connectivity index (χ2n) is 5.98. The molecule has 2 amide bonds. The molecule has 0 atom stereocenters. The number of hydrogen-bond donors (Lipinski definition) is 4. The number of carbonyl (C=O) groups is 2. The molecule has 1 radical (unpaired) electrons. The quantitative estimate of drug-likeness (QED) is 0.300. The maximum Gasteiger partial charge on any atom is 0.221 e. The third-order valence-corrected chi connectivity index (χ3v) is 3.51. The van der Waals surface area contributed by atoms with Crippen LogP contribution in [0.2, 0.25) is 0 Å². The molecule has 9 heteroatoms. The molecule has 2 aromatic rings. The number of nitrogens with zero attached hydrogens (tertiary/aromatic N) is 2. The van der Waals surface area contributed by atoms with E-state index in [-0.39, 0.29) is 40.1 Å². The normalized spacial score (nSPS) is 10.7. The Kier molecular flexibility index (Phi) is 9.56. The van der Waals surface area contributed by atoms with Crippen molar-refractivity contribution in [2.75, 3.05) is 23.7 Å². The van der Waals surface area contributed by atoms with Crippen molar-refractivity contribution in [3.8, 4) is 11.5 Å². The molecule has 155 valence electrons. The number of hydrogen-bond acceptors (Lipinski definition) is 6.